The molecule has 4 nitrogen and oxygen atoms in total. The van der Waals surface area contributed by atoms with Crippen molar-refractivity contribution >= 4 is 11.9 Å². The third-order valence-electron chi connectivity index (χ3n) is 1.09. The minimum atomic E-state index is -4.44. The number of esters is 1. The summed E-state index contributed by atoms with van der Waals surface area (Å²) in [5, 5.41) is 8.02. The molecule has 0 saturated heterocycles. The second kappa shape index (κ2) is 5.32. The van der Waals surface area contributed by atoms with Crippen LogP contribution < -0.4 is 0 Å². The zero-order valence-electron chi connectivity index (χ0n) is 7.12. The van der Waals surface area contributed by atoms with E-state index in [0.29, 0.717) is 12.2 Å². The summed E-state index contributed by atoms with van der Waals surface area (Å²) >= 11 is 0. The van der Waals surface area contributed by atoms with Crippen molar-refractivity contribution in [1.82, 2.24) is 0 Å². The highest BCUT2D eigenvalue weighted by Gasteiger charge is 2.42. The van der Waals surface area contributed by atoms with Gasteiger partial charge in [-0.3, -0.25) is 0 Å². The SMILES string of the molecule is O=C(O)/C=C/C(=O)OCC(F)(F)C(F)F. The van der Waals surface area contributed by atoms with Crippen molar-refractivity contribution < 1.29 is 37.0 Å². The zero-order chi connectivity index (χ0) is 12.1. The molecule has 0 radical (unpaired) electrons. The molecule has 0 aliphatic heterocycles. The first-order valence-electron chi connectivity index (χ1n) is 3.49. The molecule has 86 valence electrons. The Morgan fingerprint density at radius 3 is 2.27 bits per heavy atom. The van der Waals surface area contributed by atoms with Crippen LogP contribution in [0, 0.1) is 0 Å². The highest BCUT2D eigenvalue weighted by atomic mass is 19.3. The van der Waals surface area contributed by atoms with Gasteiger partial charge in [0, 0.05) is 12.2 Å². The largest absolute Gasteiger partial charge is 0.478 e. The number of carboxylic acids is 1. The van der Waals surface area contributed by atoms with Crippen LogP contribution in [0.15, 0.2) is 12.2 Å². The Hall–Kier alpha value is -1.60. The van der Waals surface area contributed by atoms with Gasteiger partial charge in [-0.25, -0.2) is 18.4 Å². The Labute approximate surface area is 81.1 Å². The summed E-state index contributed by atoms with van der Waals surface area (Å²) in [4.78, 5) is 20.3. The number of hydrogen-bond donors (Lipinski definition) is 1. The number of alkyl halides is 4. The Balaban J connectivity index is 4.06. The predicted molar refractivity (Wildman–Crippen MR) is 38.7 cm³/mol. The van der Waals surface area contributed by atoms with Gasteiger partial charge in [-0.1, -0.05) is 0 Å². The van der Waals surface area contributed by atoms with Gasteiger partial charge < -0.3 is 9.84 Å². The van der Waals surface area contributed by atoms with Crippen molar-refractivity contribution in [3.63, 3.8) is 0 Å². The van der Waals surface area contributed by atoms with Crippen LogP contribution in [0.2, 0.25) is 0 Å². The van der Waals surface area contributed by atoms with Crippen LogP contribution in [0.3, 0.4) is 0 Å². The fourth-order valence-corrected chi connectivity index (χ4v) is 0.418. The number of ether oxygens (including phenoxy) is 1. The lowest BCUT2D eigenvalue weighted by Crippen LogP contribution is -2.33. The topological polar surface area (TPSA) is 63.6 Å². The van der Waals surface area contributed by atoms with Gasteiger partial charge in [0.2, 0.25) is 0 Å². The van der Waals surface area contributed by atoms with Crippen LogP contribution in [-0.4, -0.2) is 36.0 Å². The van der Waals surface area contributed by atoms with Gasteiger partial charge in [-0.2, -0.15) is 8.78 Å². The molecule has 0 unspecified atom stereocenters. The third kappa shape index (κ3) is 5.66. The minimum absolute atomic E-state index is 0.336. The van der Waals surface area contributed by atoms with Gasteiger partial charge in [0.15, 0.2) is 6.61 Å². The molecule has 0 spiro atoms. The molecule has 0 saturated carbocycles. The average molecular weight is 230 g/mol. The summed E-state index contributed by atoms with van der Waals surface area (Å²) in [5.74, 6) is -7.36. The van der Waals surface area contributed by atoms with Crippen molar-refractivity contribution in [2.45, 2.75) is 12.3 Å². The molecule has 15 heavy (non-hydrogen) atoms. The molecular formula is C7H6F4O4. The molecule has 0 aromatic carbocycles. The van der Waals surface area contributed by atoms with E-state index in [1.807, 2.05) is 0 Å². The molecule has 0 aliphatic rings. The molecule has 0 amide bonds. The van der Waals surface area contributed by atoms with Crippen LogP contribution >= 0.6 is 0 Å². The molecule has 0 rings (SSSR count). The lowest BCUT2D eigenvalue weighted by molar-refractivity contribution is -0.176. The minimum Gasteiger partial charge on any atom is -0.478 e. The normalized spacial score (nSPS) is 12.1. The van der Waals surface area contributed by atoms with E-state index < -0.39 is 30.9 Å². The summed E-state index contributed by atoms with van der Waals surface area (Å²) in [6.07, 6.45) is -3.28. The average Bonchev–Trinajstić information content (AvgIpc) is 2.11. The Morgan fingerprint density at radius 1 is 1.33 bits per heavy atom. The van der Waals surface area contributed by atoms with Crippen molar-refractivity contribution in [2.75, 3.05) is 6.61 Å². The van der Waals surface area contributed by atoms with Gasteiger partial charge in [0.1, 0.15) is 0 Å². The lowest BCUT2D eigenvalue weighted by atomic mass is 10.4. The summed E-state index contributed by atoms with van der Waals surface area (Å²) in [6.45, 7) is -1.80. The molecule has 8 heteroatoms. The summed E-state index contributed by atoms with van der Waals surface area (Å²) in [7, 11) is 0. The Bertz CT molecular complexity index is 274. The monoisotopic (exact) mass is 230 g/mol. The number of carbonyl (C=O) groups is 2. The fraction of sp³-hybridized carbons (Fsp3) is 0.429. The van der Waals surface area contributed by atoms with E-state index >= 15 is 0 Å². The van der Waals surface area contributed by atoms with Crippen LogP contribution in [-0.2, 0) is 14.3 Å². The number of carboxylic acid groups (broad SMARTS) is 1. The van der Waals surface area contributed by atoms with Gasteiger partial charge in [0.05, 0.1) is 0 Å². The standard InChI is InChI=1S/C7H6F4O4/c8-6(9)7(10,11)3-15-5(14)2-1-4(12)13/h1-2,6H,3H2,(H,12,13)/b2-1+. The summed E-state index contributed by atoms with van der Waals surface area (Å²) in [6, 6.07) is 0. The van der Waals surface area contributed by atoms with Crippen molar-refractivity contribution in [1.29, 1.82) is 0 Å². The Morgan fingerprint density at radius 2 is 1.87 bits per heavy atom. The van der Waals surface area contributed by atoms with Crippen molar-refractivity contribution in [2.24, 2.45) is 0 Å². The Kier molecular flexibility index (Phi) is 4.75. The number of hydrogen-bond acceptors (Lipinski definition) is 3. The molecule has 0 atom stereocenters. The van der Waals surface area contributed by atoms with Gasteiger partial charge >= 0.3 is 24.3 Å². The highest BCUT2D eigenvalue weighted by molar-refractivity contribution is 5.90. The number of carbonyl (C=O) groups excluding carboxylic acids is 1. The maximum atomic E-state index is 12.1. The number of aliphatic carboxylic acids is 1. The molecule has 0 aromatic heterocycles. The molecule has 1 N–H and O–H groups in total. The van der Waals surface area contributed by atoms with E-state index in [1.165, 1.54) is 0 Å². The van der Waals surface area contributed by atoms with Crippen LogP contribution in [0.25, 0.3) is 0 Å². The maximum Gasteiger partial charge on any atom is 0.340 e. The molecule has 0 aromatic rings. The number of rotatable bonds is 5. The van der Waals surface area contributed by atoms with E-state index in [2.05, 4.69) is 4.74 Å². The highest BCUT2D eigenvalue weighted by Crippen LogP contribution is 2.22. The summed E-state index contributed by atoms with van der Waals surface area (Å²) in [5.41, 5.74) is 0. The van der Waals surface area contributed by atoms with E-state index in [0.717, 1.165) is 0 Å². The molecule has 0 aliphatic carbocycles. The molecule has 0 bridgehead atoms. The van der Waals surface area contributed by atoms with Crippen LogP contribution in [0.4, 0.5) is 17.6 Å². The summed E-state index contributed by atoms with van der Waals surface area (Å²) < 4.78 is 51.0. The second-order valence-corrected chi connectivity index (χ2v) is 2.34. The molecular weight excluding hydrogens is 224 g/mol. The van der Waals surface area contributed by atoms with E-state index in [-0.39, 0.29) is 0 Å². The van der Waals surface area contributed by atoms with Gasteiger partial charge in [0.25, 0.3) is 0 Å². The first-order valence-corrected chi connectivity index (χ1v) is 3.49. The van der Waals surface area contributed by atoms with E-state index in [9.17, 15) is 27.2 Å². The fourth-order valence-electron chi connectivity index (χ4n) is 0.418. The lowest BCUT2D eigenvalue weighted by Gasteiger charge is -2.13. The zero-order valence-corrected chi connectivity index (χ0v) is 7.12. The van der Waals surface area contributed by atoms with E-state index in [1.54, 1.807) is 0 Å². The molecule has 0 heterocycles. The first kappa shape index (κ1) is 13.4. The number of halogens is 4. The quantitative estimate of drug-likeness (QED) is 0.436. The second-order valence-electron chi connectivity index (χ2n) is 2.34. The van der Waals surface area contributed by atoms with E-state index in [4.69, 9.17) is 5.11 Å². The van der Waals surface area contributed by atoms with Crippen molar-refractivity contribution in [3.8, 4) is 0 Å². The van der Waals surface area contributed by atoms with Crippen molar-refractivity contribution in [3.05, 3.63) is 12.2 Å². The third-order valence-corrected chi connectivity index (χ3v) is 1.09. The van der Waals surface area contributed by atoms with Crippen LogP contribution in [0.5, 0.6) is 0 Å². The first-order chi connectivity index (χ1) is 6.75. The predicted octanol–water partition coefficient (Wildman–Crippen LogP) is 1.07. The van der Waals surface area contributed by atoms with Crippen LogP contribution in [0.1, 0.15) is 0 Å². The van der Waals surface area contributed by atoms with Gasteiger partial charge in [-0.15, -0.1) is 0 Å². The smallest absolute Gasteiger partial charge is 0.340 e. The van der Waals surface area contributed by atoms with Gasteiger partial charge in [-0.05, 0) is 0 Å². The molecule has 0 fully saturated rings. The maximum absolute atomic E-state index is 12.1.